The predicted octanol–water partition coefficient (Wildman–Crippen LogP) is 6.95. The molecule has 1 aliphatic rings. The third kappa shape index (κ3) is 8.63. The number of H-pyrrole nitrogens is 1. The van der Waals surface area contributed by atoms with Gasteiger partial charge in [-0.25, -0.2) is 4.79 Å². The van der Waals surface area contributed by atoms with Crippen molar-refractivity contribution in [2.75, 3.05) is 11.9 Å². The number of benzene rings is 2. The Labute approximate surface area is 238 Å². The summed E-state index contributed by atoms with van der Waals surface area (Å²) in [5.74, 6) is 0.676. The molecule has 0 radical (unpaired) electrons. The number of aliphatic imine (C=N–C) groups is 1. The molecule has 3 aromatic rings. The number of hydrogen-bond acceptors (Lipinski definition) is 5. The maximum Gasteiger partial charge on any atom is 0.328 e. The molecule has 3 atom stereocenters. The van der Waals surface area contributed by atoms with Crippen molar-refractivity contribution < 1.29 is 9.90 Å². The van der Waals surface area contributed by atoms with Crippen molar-refractivity contribution in [1.29, 1.82) is 0 Å². The minimum Gasteiger partial charge on any atom is -0.478 e. The van der Waals surface area contributed by atoms with E-state index in [1.165, 1.54) is 60.9 Å². The zero-order chi connectivity index (χ0) is 28.2. The van der Waals surface area contributed by atoms with E-state index in [4.69, 9.17) is 5.73 Å². The smallest absolute Gasteiger partial charge is 0.328 e. The van der Waals surface area contributed by atoms with Crippen LogP contribution in [-0.2, 0) is 4.79 Å². The number of unbranched alkanes of at least 4 members (excludes halogenated alkanes) is 5. The van der Waals surface area contributed by atoms with E-state index in [1.54, 1.807) is 0 Å². The van der Waals surface area contributed by atoms with Gasteiger partial charge in [-0.05, 0) is 65.6 Å². The average Bonchev–Trinajstić information content (AvgIpc) is 3.47. The van der Waals surface area contributed by atoms with Crippen LogP contribution >= 0.6 is 0 Å². The van der Waals surface area contributed by atoms with Crippen molar-refractivity contribution in [1.82, 2.24) is 10.3 Å². The van der Waals surface area contributed by atoms with Crippen molar-refractivity contribution in [2.45, 2.75) is 89.1 Å². The Bertz CT molecular complexity index is 1270. The van der Waals surface area contributed by atoms with Crippen LogP contribution in [0.5, 0.6) is 0 Å². The van der Waals surface area contributed by atoms with Gasteiger partial charge in [0.1, 0.15) is 5.82 Å². The molecule has 2 aromatic carbocycles. The number of aromatic amines is 1. The summed E-state index contributed by atoms with van der Waals surface area (Å²) in [5.41, 5.74) is 8.17. The number of nitrogens with zero attached hydrogens (tertiary/aromatic N) is 1. The lowest BCUT2D eigenvalue weighted by atomic mass is 9.84. The Morgan fingerprint density at radius 2 is 1.85 bits per heavy atom. The van der Waals surface area contributed by atoms with Crippen molar-refractivity contribution in [2.24, 2.45) is 10.7 Å². The Kier molecular flexibility index (Phi) is 11.1. The first-order valence-electron chi connectivity index (χ1n) is 14.9. The molecule has 0 fully saturated rings. The lowest BCUT2D eigenvalue weighted by Gasteiger charge is -2.32. The summed E-state index contributed by atoms with van der Waals surface area (Å²) < 4.78 is 0. The first-order chi connectivity index (χ1) is 19.5. The van der Waals surface area contributed by atoms with Gasteiger partial charge in [0.25, 0.3) is 0 Å². The monoisotopic (exact) mass is 543 g/mol. The Morgan fingerprint density at radius 1 is 1.05 bits per heavy atom. The number of anilines is 1. The maximum atomic E-state index is 12.0. The zero-order valence-electron chi connectivity index (χ0n) is 23.7. The second-order valence-corrected chi connectivity index (χ2v) is 11.0. The minimum atomic E-state index is -0.950. The molecule has 7 nitrogen and oxygen atoms in total. The first kappa shape index (κ1) is 29.2. The van der Waals surface area contributed by atoms with Gasteiger partial charge in [0.15, 0.2) is 5.96 Å². The third-order valence-electron chi connectivity index (χ3n) is 8.00. The van der Waals surface area contributed by atoms with E-state index in [1.807, 2.05) is 18.3 Å². The van der Waals surface area contributed by atoms with Crippen LogP contribution < -0.4 is 16.4 Å². The van der Waals surface area contributed by atoms with E-state index in [0.29, 0.717) is 24.8 Å². The fourth-order valence-electron chi connectivity index (χ4n) is 5.86. The Morgan fingerprint density at radius 3 is 2.60 bits per heavy atom. The van der Waals surface area contributed by atoms with Crippen LogP contribution in [0.4, 0.5) is 5.82 Å². The van der Waals surface area contributed by atoms with Gasteiger partial charge in [0.05, 0.1) is 12.1 Å². The van der Waals surface area contributed by atoms with Crippen LogP contribution in [-0.4, -0.2) is 40.6 Å². The second-order valence-electron chi connectivity index (χ2n) is 11.0. The Hall–Kier alpha value is -3.74. The van der Waals surface area contributed by atoms with Gasteiger partial charge in [-0.2, -0.15) is 0 Å². The summed E-state index contributed by atoms with van der Waals surface area (Å²) in [7, 11) is 0. The van der Waals surface area contributed by atoms with Crippen LogP contribution in [0, 0.1) is 0 Å². The van der Waals surface area contributed by atoms with Crippen molar-refractivity contribution in [3.8, 4) is 0 Å². The number of carbonyl (C=O) groups is 1. The molecule has 40 heavy (non-hydrogen) atoms. The van der Waals surface area contributed by atoms with Gasteiger partial charge in [-0.3, -0.25) is 4.99 Å². The third-order valence-corrected chi connectivity index (χ3v) is 8.00. The van der Waals surface area contributed by atoms with Gasteiger partial charge < -0.3 is 26.5 Å². The standard InChI is InChI=1S/C33H45N5O2/c1-2-3-4-5-6-7-11-25(27-16-15-24-12-8-9-13-26(24)22-27)17-18-29(37-31-14-10-20-35-31)28(23-32(39)40)30-19-21-36-33(34)38-30/h8-10,12-16,20,22-23,25,29-30,35,37H,2-7,11,17-19,21H2,1H3,(H,39,40)(H3,34,36,38). The molecule has 0 spiro atoms. The number of guanidine groups is 1. The lowest BCUT2D eigenvalue weighted by Crippen LogP contribution is -2.48. The fourth-order valence-corrected chi connectivity index (χ4v) is 5.86. The molecular weight excluding hydrogens is 498 g/mol. The highest BCUT2D eigenvalue weighted by molar-refractivity contribution is 5.84. The molecule has 7 heteroatoms. The summed E-state index contributed by atoms with van der Waals surface area (Å²) in [6, 6.07) is 19.0. The molecule has 6 N–H and O–H groups in total. The fraction of sp³-hybridized carbons (Fsp3) is 0.455. The number of nitrogens with one attached hydrogen (secondary N) is 3. The molecule has 0 bridgehead atoms. The highest BCUT2D eigenvalue weighted by Crippen LogP contribution is 2.32. The summed E-state index contributed by atoms with van der Waals surface area (Å²) in [6.45, 7) is 2.83. The van der Waals surface area contributed by atoms with Gasteiger partial charge in [0.2, 0.25) is 0 Å². The van der Waals surface area contributed by atoms with Crippen molar-refractivity contribution in [3.05, 3.63) is 78.0 Å². The van der Waals surface area contributed by atoms with Crippen LogP contribution in [0.1, 0.15) is 82.6 Å². The van der Waals surface area contributed by atoms with Crippen LogP contribution in [0.3, 0.4) is 0 Å². The van der Waals surface area contributed by atoms with E-state index in [2.05, 4.69) is 70.0 Å². The van der Waals surface area contributed by atoms with E-state index in [0.717, 1.165) is 30.7 Å². The van der Waals surface area contributed by atoms with E-state index < -0.39 is 5.97 Å². The number of nitrogens with two attached hydrogens (primary N) is 1. The highest BCUT2D eigenvalue weighted by Gasteiger charge is 2.27. The zero-order valence-corrected chi connectivity index (χ0v) is 23.7. The molecule has 1 aromatic heterocycles. The van der Waals surface area contributed by atoms with Crippen molar-refractivity contribution >= 4 is 28.5 Å². The summed E-state index contributed by atoms with van der Waals surface area (Å²) in [5, 5.41) is 19.2. The van der Waals surface area contributed by atoms with Crippen LogP contribution in [0.25, 0.3) is 10.8 Å². The van der Waals surface area contributed by atoms with E-state index >= 15 is 0 Å². The SMILES string of the molecule is CCCCCCCCC(CCC(Nc1ccc[nH]1)C(=CC(=O)O)C1CCN=C(N)N1)c1ccc2ccccc2c1. The number of hydrogen-bond donors (Lipinski definition) is 5. The number of carboxylic acids is 1. The van der Waals surface area contributed by atoms with E-state index in [9.17, 15) is 9.90 Å². The number of rotatable bonds is 16. The molecule has 4 rings (SSSR count). The molecular formula is C33H45N5O2. The average molecular weight is 544 g/mol. The number of carboxylic acid groups (broad SMARTS) is 1. The molecule has 0 saturated heterocycles. The van der Waals surface area contributed by atoms with Gasteiger partial charge in [-0.15, -0.1) is 0 Å². The predicted molar refractivity (Wildman–Crippen MR) is 166 cm³/mol. The maximum absolute atomic E-state index is 12.0. The molecule has 2 heterocycles. The van der Waals surface area contributed by atoms with Crippen LogP contribution in [0.2, 0.25) is 0 Å². The van der Waals surface area contributed by atoms with E-state index in [-0.39, 0.29) is 12.1 Å². The topological polar surface area (TPSA) is 116 Å². The summed E-state index contributed by atoms with van der Waals surface area (Å²) >= 11 is 0. The molecule has 0 aliphatic carbocycles. The molecule has 1 aliphatic heterocycles. The molecule has 0 saturated carbocycles. The van der Waals surface area contributed by atoms with Crippen LogP contribution in [0.15, 0.2) is 77.4 Å². The number of aliphatic carboxylic acids is 1. The summed E-state index contributed by atoms with van der Waals surface area (Å²) in [6.07, 6.45) is 14.4. The Balaban J connectivity index is 1.56. The van der Waals surface area contributed by atoms with Crippen molar-refractivity contribution in [3.63, 3.8) is 0 Å². The molecule has 3 unspecified atom stereocenters. The molecule has 0 amide bonds. The van der Waals surface area contributed by atoms with Gasteiger partial charge >= 0.3 is 5.97 Å². The number of fused-ring (bicyclic) bond motifs is 1. The highest BCUT2D eigenvalue weighted by atomic mass is 16.4. The van der Waals surface area contributed by atoms with Gasteiger partial charge in [0, 0.05) is 18.8 Å². The first-order valence-corrected chi connectivity index (χ1v) is 14.9. The normalized spacial score (nSPS) is 17.2. The largest absolute Gasteiger partial charge is 0.478 e. The molecule has 214 valence electrons. The summed E-state index contributed by atoms with van der Waals surface area (Å²) in [4.78, 5) is 19.5. The minimum absolute atomic E-state index is 0.175. The number of aromatic nitrogens is 1. The lowest BCUT2D eigenvalue weighted by molar-refractivity contribution is -0.131. The quantitative estimate of drug-likeness (QED) is 0.0990. The van der Waals surface area contributed by atoms with Gasteiger partial charge in [-0.1, -0.05) is 87.9 Å². The second kappa shape index (κ2) is 15.2.